The van der Waals surface area contributed by atoms with Crippen molar-refractivity contribution in [3.63, 3.8) is 0 Å². The zero-order valence-corrected chi connectivity index (χ0v) is 9.58. The van der Waals surface area contributed by atoms with Gasteiger partial charge in [0, 0.05) is 6.20 Å². The van der Waals surface area contributed by atoms with Crippen LogP contribution in [0.3, 0.4) is 0 Å². The summed E-state index contributed by atoms with van der Waals surface area (Å²) in [6.45, 7) is 2.10. The number of nitrogens with zero attached hydrogens (tertiary/aromatic N) is 2. The molecule has 0 aliphatic heterocycles. The average molecular weight is 254 g/mol. The molecule has 0 spiro atoms. The fourth-order valence-electron chi connectivity index (χ4n) is 1.07. The van der Waals surface area contributed by atoms with E-state index in [2.05, 4.69) is 44.1 Å². The van der Waals surface area contributed by atoms with E-state index in [9.17, 15) is 0 Å². The minimum atomic E-state index is 0.0335. The first-order valence-electron chi connectivity index (χ1n) is 4.46. The molecule has 0 aliphatic carbocycles. The summed E-state index contributed by atoms with van der Waals surface area (Å²) in [6.07, 6.45) is 10.6. The van der Waals surface area contributed by atoms with Crippen LogP contribution in [0.4, 0.5) is 5.82 Å². The second-order valence-corrected chi connectivity index (χ2v) is 3.73. The van der Waals surface area contributed by atoms with Crippen molar-refractivity contribution in [2.45, 2.75) is 25.8 Å². The Morgan fingerprint density at radius 1 is 1.71 bits per heavy atom. The Kier molecular flexibility index (Phi) is 4.41. The van der Waals surface area contributed by atoms with Crippen molar-refractivity contribution in [3.8, 4) is 12.3 Å². The molecule has 0 amide bonds. The molecule has 0 aromatic carbocycles. The third-order valence-corrected chi connectivity index (χ3v) is 2.34. The lowest BCUT2D eigenvalue weighted by molar-refractivity contribution is 0.751. The fraction of sp³-hybridized carbons (Fsp3) is 0.400. The number of terminal acetylenes is 1. The number of nitrogens with one attached hydrogen (secondary N) is 1. The molecule has 0 saturated carbocycles. The van der Waals surface area contributed by atoms with Crippen LogP contribution in [0, 0.1) is 12.3 Å². The van der Waals surface area contributed by atoms with Crippen LogP contribution in [0.5, 0.6) is 0 Å². The molecule has 1 unspecified atom stereocenters. The Bertz CT molecular complexity index is 332. The normalized spacial score (nSPS) is 11.8. The number of hydrogen-bond acceptors (Lipinski definition) is 3. The summed E-state index contributed by atoms with van der Waals surface area (Å²) in [4.78, 5) is 7.96. The molecule has 1 rings (SSSR count). The Balaban J connectivity index is 2.68. The first-order valence-corrected chi connectivity index (χ1v) is 5.25. The summed E-state index contributed by atoms with van der Waals surface area (Å²) >= 11 is 3.35. The lowest BCUT2D eigenvalue weighted by atomic mass is 10.2. The van der Waals surface area contributed by atoms with Crippen molar-refractivity contribution in [2.24, 2.45) is 0 Å². The molecule has 1 N–H and O–H groups in total. The topological polar surface area (TPSA) is 37.8 Å². The fourth-order valence-corrected chi connectivity index (χ4v) is 1.40. The van der Waals surface area contributed by atoms with Crippen LogP contribution in [-0.4, -0.2) is 16.0 Å². The molecule has 0 bridgehead atoms. The zero-order chi connectivity index (χ0) is 10.4. The Hall–Kier alpha value is -1.08. The van der Waals surface area contributed by atoms with E-state index in [0.29, 0.717) is 0 Å². The number of anilines is 1. The van der Waals surface area contributed by atoms with Crippen LogP contribution >= 0.6 is 15.9 Å². The predicted molar refractivity (Wildman–Crippen MR) is 60.9 cm³/mol. The van der Waals surface area contributed by atoms with Gasteiger partial charge in [-0.3, -0.25) is 0 Å². The van der Waals surface area contributed by atoms with Gasteiger partial charge in [0.15, 0.2) is 0 Å². The van der Waals surface area contributed by atoms with Crippen LogP contribution in [0.2, 0.25) is 0 Å². The van der Waals surface area contributed by atoms with Gasteiger partial charge in [-0.05, 0) is 22.4 Å². The van der Waals surface area contributed by atoms with E-state index in [1.165, 1.54) is 6.33 Å². The molecule has 1 heterocycles. The van der Waals surface area contributed by atoms with Gasteiger partial charge in [-0.15, -0.1) is 6.42 Å². The molecule has 1 atom stereocenters. The smallest absolute Gasteiger partial charge is 0.144 e. The molecular formula is C10H12BrN3. The maximum Gasteiger partial charge on any atom is 0.144 e. The number of aromatic nitrogens is 2. The van der Waals surface area contributed by atoms with Gasteiger partial charge in [0.05, 0.1) is 10.5 Å². The van der Waals surface area contributed by atoms with E-state index >= 15 is 0 Å². The number of halogens is 1. The lowest BCUT2D eigenvalue weighted by Gasteiger charge is -2.12. The van der Waals surface area contributed by atoms with Crippen molar-refractivity contribution >= 4 is 21.7 Å². The van der Waals surface area contributed by atoms with Gasteiger partial charge in [0.2, 0.25) is 0 Å². The number of rotatable bonds is 4. The Morgan fingerprint density at radius 2 is 2.50 bits per heavy atom. The Labute approximate surface area is 92.5 Å². The lowest BCUT2D eigenvalue weighted by Crippen LogP contribution is -2.17. The monoisotopic (exact) mass is 253 g/mol. The summed E-state index contributed by atoms with van der Waals surface area (Å²) in [6, 6.07) is 0.0335. The molecule has 14 heavy (non-hydrogen) atoms. The third kappa shape index (κ3) is 3.00. The van der Waals surface area contributed by atoms with E-state index in [4.69, 9.17) is 6.42 Å². The first-order chi connectivity index (χ1) is 6.77. The molecule has 0 radical (unpaired) electrons. The van der Waals surface area contributed by atoms with Gasteiger partial charge in [0.25, 0.3) is 0 Å². The quantitative estimate of drug-likeness (QED) is 0.838. The average Bonchev–Trinajstić information content (AvgIpc) is 2.20. The van der Waals surface area contributed by atoms with Crippen molar-refractivity contribution in [1.29, 1.82) is 0 Å². The first kappa shape index (κ1) is 11.0. The van der Waals surface area contributed by atoms with Crippen molar-refractivity contribution in [1.82, 2.24) is 9.97 Å². The summed E-state index contributed by atoms with van der Waals surface area (Å²) in [5.41, 5.74) is 0. The molecule has 4 heteroatoms. The van der Waals surface area contributed by atoms with E-state index in [1.807, 2.05) is 0 Å². The highest BCUT2D eigenvalue weighted by Crippen LogP contribution is 2.18. The van der Waals surface area contributed by atoms with Crippen LogP contribution in [0.15, 0.2) is 17.0 Å². The second kappa shape index (κ2) is 5.61. The molecule has 74 valence electrons. The Morgan fingerprint density at radius 3 is 3.07 bits per heavy atom. The minimum Gasteiger partial charge on any atom is -0.355 e. The highest BCUT2D eigenvalue weighted by atomic mass is 79.9. The van der Waals surface area contributed by atoms with Gasteiger partial charge in [0.1, 0.15) is 12.1 Å². The molecule has 1 aromatic heterocycles. The summed E-state index contributed by atoms with van der Waals surface area (Å²) < 4.78 is 0.830. The molecular weight excluding hydrogens is 242 g/mol. The van der Waals surface area contributed by atoms with Crippen molar-refractivity contribution in [3.05, 3.63) is 17.0 Å². The second-order valence-electron chi connectivity index (χ2n) is 2.87. The van der Waals surface area contributed by atoms with Crippen molar-refractivity contribution in [2.75, 3.05) is 5.32 Å². The van der Waals surface area contributed by atoms with Crippen LogP contribution in [-0.2, 0) is 0 Å². The highest BCUT2D eigenvalue weighted by Gasteiger charge is 2.06. The van der Waals surface area contributed by atoms with Gasteiger partial charge >= 0.3 is 0 Å². The van der Waals surface area contributed by atoms with E-state index in [-0.39, 0.29) is 6.04 Å². The summed E-state index contributed by atoms with van der Waals surface area (Å²) in [5.74, 6) is 3.43. The number of hydrogen-bond donors (Lipinski definition) is 1. The minimum absolute atomic E-state index is 0.0335. The molecule has 0 aliphatic rings. The van der Waals surface area contributed by atoms with Gasteiger partial charge in [-0.25, -0.2) is 9.97 Å². The van der Waals surface area contributed by atoms with E-state index in [1.54, 1.807) is 6.20 Å². The van der Waals surface area contributed by atoms with Gasteiger partial charge in [-0.2, -0.15) is 0 Å². The van der Waals surface area contributed by atoms with Gasteiger partial charge in [-0.1, -0.05) is 19.3 Å². The zero-order valence-electron chi connectivity index (χ0n) is 8.00. The maximum atomic E-state index is 5.39. The maximum absolute atomic E-state index is 5.39. The molecule has 0 fully saturated rings. The van der Waals surface area contributed by atoms with Crippen LogP contribution in [0.1, 0.15) is 19.8 Å². The van der Waals surface area contributed by atoms with E-state index < -0.39 is 0 Å². The molecule has 1 aromatic rings. The van der Waals surface area contributed by atoms with E-state index in [0.717, 1.165) is 23.1 Å². The predicted octanol–water partition coefficient (Wildman–Crippen LogP) is 2.45. The van der Waals surface area contributed by atoms with Crippen LogP contribution in [0.25, 0.3) is 0 Å². The SMILES string of the molecule is C#CC(CCC)Nc1ncncc1Br. The highest BCUT2D eigenvalue weighted by molar-refractivity contribution is 9.10. The van der Waals surface area contributed by atoms with Crippen LogP contribution < -0.4 is 5.32 Å². The van der Waals surface area contributed by atoms with Gasteiger partial charge < -0.3 is 5.32 Å². The molecule has 3 nitrogen and oxygen atoms in total. The summed E-state index contributed by atoms with van der Waals surface area (Å²) in [5, 5.41) is 3.16. The largest absolute Gasteiger partial charge is 0.355 e. The third-order valence-electron chi connectivity index (χ3n) is 1.76. The summed E-state index contributed by atoms with van der Waals surface area (Å²) in [7, 11) is 0. The standard InChI is InChI=1S/C10H12BrN3/c1-3-5-8(4-2)14-10-9(11)6-12-7-13-10/h2,6-8H,3,5H2,1H3,(H,12,13,14). The van der Waals surface area contributed by atoms with Crippen molar-refractivity contribution < 1.29 is 0 Å². The molecule has 0 saturated heterocycles.